The SMILES string of the molecule is O=C1CCCc2nc(Nc3ccc(F)cc3)nc(Nc3cc(Cl)cc(Cl)c3)c21. The molecule has 0 saturated carbocycles. The highest BCUT2D eigenvalue weighted by molar-refractivity contribution is 6.35. The van der Waals surface area contributed by atoms with Gasteiger partial charge in [0, 0.05) is 27.8 Å². The number of Topliss-reactive ketones (excluding diaryl/α,β-unsaturated/α-hetero) is 1. The lowest BCUT2D eigenvalue weighted by Crippen LogP contribution is -2.17. The van der Waals surface area contributed by atoms with Gasteiger partial charge in [-0.25, -0.2) is 9.37 Å². The highest BCUT2D eigenvalue weighted by Gasteiger charge is 2.25. The number of anilines is 4. The molecule has 0 radical (unpaired) electrons. The third kappa shape index (κ3) is 4.08. The summed E-state index contributed by atoms with van der Waals surface area (Å²) in [5, 5.41) is 7.12. The first-order chi connectivity index (χ1) is 13.5. The summed E-state index contributed by atoms with van der Waals surface area (Å²) < 4.78 is 13.1. The molecule has 0 amide bonds. The Labute approximate surface area is 170 Å². The number of halogens is 3. The lowest BCUT2D eigenvalue weighted by Gasteiger charge is -2.19. The minimum Gasteiger partial charge on any atom is -0.339 e. The monoisotopic (exact) mass is 416 g/mol. The molecule has 3 aromatic rings. The third-order valence-corrected chi connectivity index (χ3v) is 4.74. The van der Waals surface area contributed by atoms with Gasteiger partial charge in [-0.05, 0) is 55.3 Å². The first kappa shape index (κ1) is 18.7. The average Bonchev–Trinajstić information content (AvgIpc) is 2.63. The number of ketones is 1. The fourth-order valence-electron chi connectivity index (χ4n) is 3.09. The van der Waals surface area contributed by atoms with Crippen LogP contribution in [0.5, 0.6) is 0 Å². The Morgan fingerprint density at radius 2 is 1.61 bits per heavy atom. The van der Waals surface area contributed by atoms with Crippen molar-refractivity contribution < 1.29 is 9.18 Å². The normalized spacial score (nSPS) is 13.2. The van der Waals surface area contributed by atoms with Gasteiger partial charge in [0.1, 0.15) is 11.6 Å². The van der Waals surface area contributed by atoms with Crippen LogP contribution < -0.4 is 10.6 Å². The summed E-state index contributed by atoms with van der Waals surface area (Å²) in [6, 6.07) is 10.9. The van der Waals surface area contributed by atoms with E-state index in [1.165, 1.54) is 12.1 Å². The Balaban J connectivity index is 1.74. The molecular weight excluding hydrogens is 402 g/mol. The van der Waals surface area contributed by atoms with Gasteiger partial charge in [0.15, 0.2) is 5.78 Å². The molecule has 2 aromatic carbocycles. The van der Waals surface area contributed by atoms with E-state index in [-0.39, 0.29) is 11.6 Å². The number of carbonyl (C=O) groups is 1. The Hall–Kier alpha value is -2.70. The largest absolute Gasteiger partial charge is 0.339 e. The molecule has 1 aromatic heterocycles. The Morgan fingerprint density at radius 3 is 2.32 bits per heavy atom. The standard InChI is InChI=1S/C20H15Cl2FN4O/c21-11-8-12(22)10-15(9-11)24-19-18-16(2-1-3-17(18)28)26-20(27-19)25-14-6-4-13(23)5-7-14/h4-10H,1-3H2,(H2,24,25,26,27). The molecule has 1 aliphatic rings. The lowest BCUT2D eigenvalue weighted by molar-refractivity contribution is 0.0972. The molecule has 8 heteroatoms. The number of hydrogen-bond acceptors (Lipinski definition) is 5. The summed E-state index contributed by atoms with van der Waals surface area (Å²) in [5.74, 6) is 0.362. The second kappa shape index (κ2) is 7.73. The third-order valence-electron chi connectivity index (χ3n) is 4.31. The lowest BCUT2D eigenvalue weighted by atomic mass is 9.95. The van der Waals surface area contributed by atoms with Gasteiger partial charge in [0.05, 0.1) is 11.3 Å². The second-order valence-corrected chi connectivity index (χ2v) is 7.28. The zero-order chi connectivity index (χ0) is 19.7. The maximum atomic E-state index is 13.1. The average molecular weight is 417 g/mol. The predicted molar refractivity (Wildman–Crippen MR) is 109 cm³/mol. The van der Waals surface area contributed by atoms with Crippen LogP contribution >= 0.6 is 23.2 Å². The van der Waals surface area contributed by atoms with E-state index in [4.69, 9.17) is 23.2 Å². The summed E-state index contributed by atoms with van der Waals surface area (Å²) in [5.41, 5.74) is 2.41. The molecule has 1 heterocycles. The van der Waals surface area contributed by atoms with E-state index in [0.29, 0.717) is 57.3 Å². The van der Waals surface area contributed by atoms with Gasteiger partial charge in [0.2, 0.25) is 5.95 Å². The summed E-state index contributed by atoms with van der Waals surface area (Å²) in [6.07, 6.45) is 1.86. The fourth-order valence-corrected chi connectivity index (χ4v) is 3.62. The van der Waals surface area contributed by atoms with Crippen LogP contribution in [0.25, 0.3) is 0 Å². The topological polar surface area (TPSA) is 66.9 Å². The van der Waals surface area contributed by atoms with Gasteiger partial charge in [-0.1, -0.05) is 23.2 Å². The van der Waals surface area contributed by atoms with Crippen LogP contribution in [0.4, 0.5) is 27.5 Å². The van der Waals surface area contributed by atoms with Crippen molar-refractivity contribution in [1.29, 1.82) is 0 Å². The van der Waals surface area contributed by atoms with Gasteiger partial charge in [-0.3, -0.25) is 4.79 Å². The molecule has 5 nitrogen and oxygen atoms in total. The van der Waals surface area contributed by atoms with Crippen LogP contribution in [0, 0.1) is 5.82 Å². The Bertz CT molecular complexity index is 1040. The van der Waals surface area contributed by atoms with E-state index >= 15 is 0 Å². The summed E-state index contributed by atoms with van der Waals surface area (Å²) in [7, 11) is 0. The van der Waals surface area contributed by atoms with Gasteiger partial charge in [0.25, 0.3) is 0 Å². The molecule has 2 N–H and O–H groups in total. The Morgan fingerprint density at radius 1 is 0.893 bits per heavy atom. The van der Waals surface area contributed by atoms with Crippen LogP contribution in [-0.4, -0.2) is 15.8 Å². The molecule has 4 rings (SSSR count). The van der Waals surface area contributed by atoms with E-state index in [9.17, 15) is 9.18 Å². The molecule has 0 atom stereocenters. The molecule has 0 bridgehead atoms. The minimum absolute atomic E-state index is 0.00907. The summed E-state index contributed by atoms with van der Waals surface area (Å²) in [6.45, 7) is 0. The van der Waals surface area contributed by atoms with E-state index in [1.54, 1.807) is 30.3 Å². The van der Waals surface area contributed by atoms with Gasteiger partial charge in [-0.15, -0.1) is 0 Å². The van der Waals surface area contributed by atoms with Gasteiger partial charge >= 0.3 is 0 Å². The number of hydrogen-bond donors (Lipinski definition) is 2. The number of nitrogens with one attached hydrogen (secondary N) is 2. The van der Waals surface area contributed by atoms with Crippen molar-refractivity contribution in [3.05, 3.63) is 69.6 Å². The number of rotatable bonds is 4. The highest BCUT2D eigenvalue weighted by atomic mass is 35.5. The number of nitrogens with zero attached hydrogens (tertiary/aromatic N) is 2. The zero-order valence-corrected chi connectivity index (χ0v) is 16.1. The smallest absolute Gasteiger partial charge is 0.229 e. The number of aryl methyl sites for hydroxylation is 1. The summed E-state index contributed by atoms with van der Waals surface area (Å²) >= 11 is 12.1. The van der Waals surface area contributed by atoms with Crippen molar-refractivity contribution in [2.45, 2.75) is 19.3 Å². The number of fused-ring (bicyclic) bond motifs is 1. The number of carbonyl (C=O) groups excluding carboxylic acids is 1. The maximum absolute atomic E-state index is 13.1. The van der Waals surface area contributed by atoms with Crippen LogP contribution in [0.1, 0.15) is 28.9 Å². The molecule has 28 heavy (non-hydrogen) atoms. The first-order valence-corrected chi connectivity index (χ1v) is 9.43. The van der Waals surface area contributed by atoms with Crippen LogP contribution in [0.3, 0.4) is 0 Å². The first-order valence-electron chi connectivity index (χ1n) is 8.68. The highest BCUT2D eigenvalue weighted by Crippen LogP contribution is 2.31. The fraction of sp³-hybridized carbons (Fsp3) is 0.150. The molecular formula is C20H15Cl2FN4O. The van der Waals surface area contributed by atoms with Crippen molar-refractivity contribution in [3.63, 3.8) is 0 Å². The van der Waals surface area contributed by atoms with E-state index in [2.05, 4.69) is 20.6 Å². The van der Waals surface area contributed by atoms with E-state index < -0.39 is 0 Å². The van der Waals surface area contributed by atoms with E-state index in [1.807, 2.05) is 0 Å². The van der Waals surface area contributed by atoms with Crippen molar-refractivity contribution in [1.82, 2.24) is 9.97 Å². The molecule has 0 unspecified atom stereocenters. The minimum atomic E-state index is -0.331. The zero-order valence-electron chi connectivity index (χ0n) is 14.6. The molecule has 142 valence electrons. The van der Waals surface area contributed by atoms with Crippen LogP contribution in [0.2, 0.25) is 10.0 Å². The van der Waals surface area contributed by atoms with Gasteiger partial charge in [-0.2, -0.15) is 4.98 Å². The van der Waals surface area contributed by atoms with Gasteiger partial charge < -0.3 is 10.6 Å². The van der Waals surface area contributed by atoms with Crippen LogP contribution in [-0.2, 0) is 6.42 Å². The number of aromatic nitrogens is 2. The molecule has 0 spiro atoms. The molecule has 0 saturated heterocycles. The van der Waals surface area contributed by atoms with Crippen molar-refractivity contribution in [3.8, 4) is 0 Å². The number of benzene rings is 2. The van der Waals surface area contributed by atoms with Crippen LogP contribution in [0.15, 0.2) is 42.5 Å². The Kier molecular flexibility index (Phi) is 5.15. The second-order valence-electron chi connectivity index (χ2n) is 6.41. The quantitative estimate of drug-likeness (QED) is 0.551. The van der Waals surface area contributed by atoms with E-state index in [0.717, 1.165) is 6.42 Å². The predicted octanol–water partition coefficient (Wildman–Crippen LogP) is 5.93. The maximum Gasteiger partial charge on any atom is 0.229 e. The summed E-state index contributed by atoms with van der Waals surface area (Å²) in [4.78, 5) is 21.5. The van der Waals surface area contributed by atoms with Crippen molar-refractivity contribution in [2.24, 2.45) is 0 Å². The molecule has 0 aliphatic heterocycles. The van der Waals surface area contributed by atoms with Crippen molar-refractivity contribution >= 4 is 52.1 Å². The van der Waals surface area contributed by atoms with Crippen molar-refractivity contribution in [2.75, 3.05) is 10.6 Å². The molecule has 0 fully saturated rings. The molecule has 1 aliphatic carbocycles.